The van der Waals surface area contributed by atoms with Crippen molar-refractivity contribution >= 4 is 21.6 Å². The van der Waals surface area contributed by atoms with Crippen LogP contribution in [0.1, 0.15) is 48.1 Å². The summed E-state index contributed by atoms with van der Waals surface area (Å²) in [6, 6.07) is 6.85. The number of thiophene rings is 1. The van der Waals surface area contributed by atoms with Crippen LogP contribution >= 0.6 is 11.3 Å². The Labute approximate surface area is 155 Å². The van der Waals surface area contributed by atoms with E-state index in [0.717, 1.165) is 35.0 Å². The van der Waals surface area contributed by atoms with E-state index in [1.807, 2.05) is 12.1 Å². The van der Waals surface area contributed by atoms with Gasteiger partial charge < -0.3 is 10.3 Å². The maximum atomic E-state index is 13.2. The molecule has 0 saturated heterocycles. The smallest absolute Gasteiger partial charge is 0.260 e. The van der Waals surface area contributed by atoms with E-state index in [0.29, 0.717) is 18.3 Å². The van der Waals surface area contributed by atoms with E-state index in [4.69, 9.17) is 4.98 Å². The van der Waals surface area contributed by atoms with Gasteiger partial charge in [-0.1, -0.05) is 26.0 Å². The van der Waals surface area contributed by atoms with Crippen molar-refractivity contribution in [1.82, 2.24) is 9.97 Å². The summed E-state index contributed by atoms with van der Waals surface area (Å²) in [6.45, 7) is 4.88. The number of fused-ring (bicyclic) bond motifs is 3. The van der Waals surface area contributed by atoms with Gasteiger partial charge in [-0.15, -0.1) is 11.3 Å². The summed E-state index contributed by atoms with van der Waals surface area (Å²) in [7, 11) is 0. The zero-order valence-electron chi connectivity index (χ0n) is 15.0. The molecule has 4 rings (SSSR count). The fourth-order valence-electron chi connectivity index (χ4n) is 3.86. The SMILES string of the molecule is CC(C)[C@@H]([NH2+]Cc1nc2sc3c(c2c(=O)[nH]1)CCC3)c1ccc(F)cc1. The molecule has 4 nitrogen and oxygen atoms in total. The lowest BCUT2D eigenvalue weighted by Gasteiger charge is -2.19. The van der Waals surface area contributed by atoms with E-state index in [1.165, 1.54) is 22.6 Å². The molecule has 2 aromatic heterocycles. The molecule has 0 fully saturated rings. The van der Waals surface area contributed by atoms with Gasteiger partial charge in [0.2, 0.25) is 0 Å². The van der Waals surface area contributed by atoms with Crippen LogP contribution in [0, 0.1) is 11.7 Å². The number of nitrogens with two attached hydrogens (primary N) is 1. The second-order valence-electron chi connectivity index (χ2n) is 7.31. The topological polar surface area (TPSA) is 62.4 Å². The molecule has 0 spiro atoms. The van der Waals surface area contributed by atoms with Crippen LogP contribution in [0.2, 0.25) is 0 Å². The first-order chi connectivity index (χ1) is 12.5. The first-order valence-corrected chi connectivity index (χ1v) is 9.97. The highest BCUT2D eigenvalue weighted by atomic mass is 32.1. The van der Waals surface area contributed by atoms with Gasteiger partial charge >= 0.3 is 0 Å². The van der Waals surface area contributed by atoms with Crippen molar-refractivity contribution in [3.8, 4) is 0 Å². The third kappa shape index (κ3) is 3.19. The molecule has 2 heterocycles. The Morgan fingerprint density at radius 1 is 1.27 bits per heavy atom. The minimum Gasteiger partial charge on any atom is -0.334 e. The van der Waals surface area contributed by atoms with Gasteiger partial charge in [0, 0.05) is 16.4 Å². The fourth-order valence-corrected chi connectivity index (χ4v) is 5.14. The maximum Gasteiger partial charge on any atom is 0.260 e. The highest BCUT2D eigenvalue weighted by molar-refractivity contribution is 7.18. The molecule has 6 heteroatoms. The van der Waals surface area contributed by atoms with E-state index in [1.54, 1.807) is 11.3 Å². The van der Waals surface area contributed by atoms with Crippen LogP contribution in [0.4, 0.5) is 4.39 Å². The Morgan fingerprint density at radius 2 is 2.04 bits per heavy atom. The monoisotopic (exact) mass is 372 g/mol. The number of rotatable bonds is 5. The summed E-state index contributed by atoms with van der Waals surface area (Å²) in [6.07, 6.45) is 3.20. The lowest BCUT2D eigenvalue weighted by Crippen LogP contribution is -2.85. The number of quaternary nitrogens is 1. The minimum absolute atomic E-state index is 0.0133. The second kappa shape index (κ2) is 6.93. The number of aryl methyl sites for hydroxylation is 2. The third-order valence-corrected chi connectivity index (χ3v) is 6.35. The lowest BCUT2D eigenvalue weighted by atomic mass is 9.96. The number of nitrogens with zero attached hydrogens (tertiary/aromatic N) is 1. The predicted octanol–water partition coefficient (Wildman–Crippen LogP) is 3.07. The second-order valence-corrected chi connectivity index (χ2v) is 8.39. The van der Waals surface area contributed by atoms with E-state index in [9.17, 15) is 9.18 Å². The van der Waals surface area contributed by atoms with Crippen LogP contribution in [0.25, 0.3) is 10.2 Å². The van der Waals surface area contributed by atoms with Gasteiger partial charge in [0.15, 0.2) is 5.82 Å². The first kappa shape index (κ1) is 17.4. The predicted molar refractivity (Wildman–Crippen MR) is 102 cm³/mol. The molecular formula is C20H23FN3OS+. The summed E-state index contributed by atoms with van der Waals surface area (Å²) in [4.78, 5) is 22.4. The number of hydrogen-bond donors (Lipinski definition) is 2. The lowest BCUT2D eigenvalue weighted by molar-refractivity contribution is -0.718. The van der Waals surface area contributed by atoms with Crippen molar-refractivity contribution < 1.29 is 9.71 Å². The number of aromatic amines is 1. The Kier molecular flexibility index (Phi) is 4.63. The van der Waals surface area contributed by atoms with Crippen molar-refractivity contribution in [1.29, 1.82) is 0 Å². The minimum atomic E-state index is -0.224. The van der Waals surface area contributed by atoms with E-state index in [-0.39, 0.29) is 17.4 Å². The molecule has 0 amide bonds. The standard InChI is InChI=1S/C20H22FN3OS/c1-11(2)18(12-6-8-13(21)9-7-12)22-10-16-23-19(25)17-14-4-3-5-15(14)26-20(17)24-16/h6-9,11,18,22H,3-5,10H2,1-2H3,(H,23,24,25)/p+1/t18-/m1/s1. The molecule has 26 heavy (non-hydrogen) atoms. The summed E-state index contributed by atoms with van der Waals surface area (Å²) in [5.41, 5.74) is 2.28. The van der Waals surface area contributed by atoms with Gasteiger partial charge in [0.25, 0.3) is 5.56 Å². The summed E-state index contributed by atoms with van der Waals surface area (Å²) in [5.74, 6) is 0.857. The van der Waals surface area contributed by atoms with Crippen LogP contribution in [-0.4, -0.2) is 9.97 Å². The molecule has 1 aromatic carbocycles. The molecule has 136 valence electrons. The maximum absolute atomic E-state index is 13.2. The molecule has 0 saturated carbocycles. The average Bonchev–Trinajstić information content (AvgIpc) is 3.16. The van der Waals surface area contributed by atoms with Crippen LogP contribution in [0.5, 0.6) is 0 Å². The number of benzene rings is 1. The van der Waals surface area contributed by atoms with Crippen molar-refractivity contribution in [2.45, 2.75) is 45.7 Å². The molecular weight excluding hydrogens is 349 g/mol. The Bertz CT molecular complexity index is 991. The molecule has 0 aliphatic heterocycles. The van der Waals surface area contributed by atoms with Gasteiger partial charge in [-0.25, -0.2) is 9.37 Å². The Morgan fingerprint density at radius 3 is 2.77 bits per heavy atom. The number of aromatic nitrogens is 2. The van der Waals surface area contributed by atoms with E-state index < -0.39 is 0 Å². The third-order valence-electron chi connectivity index (χ3n) is 5.16. The molecule has 1 aliphatic rings. The van der Waals surface area contributed by atoms with Crippen molar-refractivity contribution in [3.05, 3.63) is 62.3 Å². The number of halogens is 1. The van der Waals surface area contributed by atoms with Gasteiger partial charge in [-0.3, -0.25) is 4.79 Å². The van der Waals surface area contributed by atoms with Crippen LogP contribution in [0.3, 0.4) is 0 Å². The Hall–Kier alpha value is -2.05. The van der Waals surface area contributed by atoms with Crippen molar-refractivity contribution in [2.24, 2.45) is 5.92 Å². The molecule has 1 atom stereocenters. The summed E-state index contributed by atoms with van der Waals surface area (Å²) < 4.78 is 13.2. The number of nitrogens with one attached hydrogen (secondary N) is 1. The zero-order chi connectivity index (χ0) is 18.3. The van der Waals surface area contributed by atoms with Crippen LogP contribution < -0.4 is 10.9 Å². The van der Waals surface area contributed by atoms with Gasteiger partial charge in [0.1, 0.15) is 23.2 Å². The normalized spacial score (nSPS) is 14.9. The van der Waals surface area contributed by atoms with Crippen molar-refractivity contribution in [2.75, 3.05) is 0 Å². The molecule has 3 N–H and O–H groups in total. The number of hydrogen-bond acceptors (Lipinski definition) is 3. The van der Waals surface area contributed by atoms with Gasteiger partial charge in [-0.05, 0) is 37.0 Å². The van der Waals surface area contributed by atoms with Gasteiger partial charge in [0.05, 0.1) is 5.39 Å². The molecule has 0 unspecified atom stereocenters. The fraction of sp³-hybridized carbons (Fsp3) is 0.400. The largest absolute Gasteiger partial charge is 0.334 e. The molecule has 1 aliphatic carbocycles. The van der Waals surface area contributed by atoms with Crippen LogP contribution in [0.15, 0.2) is 29.1 Å². The Balaban J connectivity index is 1.58. The first-order valence-electron chi connectivity index (χ1n) is 9.15. The highest BCUT2D eigenvalue weighted by Crippen LogP contribution is 2.34. The van der Waals surface area contributed by atoms with Crippen molar-refractivity contribution in [3.63, 3.8) is 0 Å². The molecule has 3 aromatic rings. The van der Waals surface area contributed by atoms with Gasteiger partial charge in [-0.2, -0.15) is 0 Å². The molecule has 0 radical (unpaired) electrons. The summed E-state index contributed by atoms with van der Waals surface area (Å²) >= 11 is 1.67. The number of H-pyrrole nitrogens is 1. The quantitative estimate of drug-likeness (QED) is 0.723. The zero-order valence-corrected chi connectivity index (χ0v) is 15.8. The average molecular weight is 372 g/mol. The van der Waals surface area contributed by atoms with Crippen LogP contribution in [-0.2, 0) is 19.4 Å². The van der Waals surface area contributed by atoms with E-state index >= 15 is 0 Å². The van der Waals surface area contributed by atoms with E-state index in [2.05, 4.69) is 24.1 Å². The highest BCUT2D eigenvalue weighted by Gasteiger charge is 2.23. The summed E-state index contributed by atoms with van der Waals surface area (Å²) in [5, 5.41) is 2.97. The molecule has 0 bridgehead atoms.